The summed E-state index contributed by atoms with van der Waals surface area (Å²) < 4.78 is 0. The number of nitrogens with zero attached hydrogens (tertiary/aromatic N) is 1. The van der Waals surface area contributed by atoms with Crippen molar-refractivity contribution in [3.63, 3.8) is 0 Å². The van der Waals surface area contributed by atoms with E-state index in [0.29, 0.717) is 5.92 Å². The second-order valence-corrected chi connectivity index (χ2v) is 3.96. The zero-order valence-corrected chi connectivity index (χ0v) is 9.45. The molecule has 0 bridgehead atoms. The first-order valence-corrected chi connectivity index (χ1v) is 5.41. The van der Waals surface area contributed by atoms with Crippen molar-refractivity contribution in [2.75, 3.05) is 13.1 Å². The number of hydrazone groups is 1. The second kappa shape index (κ2) is 6.22. The third kappa shape index (κ3) is 4.39. The molecule has 1 heterocycles. The van der Waals surface area contributed by atoms with Crippen LogP contribution < -0.4 is 16.5 Å². The zero-order chi connectivity index (χ0) is 12.0. The van der Waals surface area contributed by atoms with Gasteiger partial charge in [-0.05, 0) is 32.9 Å². The Hall–Kier alpha value is -1.43. The molecule has 0 aliphatic carbocycles. The van der Waals surface area contributed by atoms with Crippen LogP contribution in [0.2, 0.25) is 0 Å². The first kappa shape index (κ1) is 12.6. The fourth-order valence-corrected chi connectivity index (χ4v) is 1.68. The smallest absolute Gasteiger partial charge is 0.249 e. The minimum Gasteiger partial charge on any atom is -0.369 e. The Morgan fingerprint density at radius 3 is 2.62 bits per heavy atom. The lowest BCUT2D eigenvalue weighted by atomic mass is 9.94. The molecule has 0 radical (unpaired) electrons. The number of hydrogen-bond acceptors (Lipinski definition) is 4. The van der Waals surface area contributed by atoms with E-state index in [2.05, 4.69) is 15.8 Å². The van der Waals surface area contributed by atoms with Crippen molar-refractivity contribution >= 4 is 17.5 Å². The van der Waals surface area contributed by atoms with Gasteiger partial charge in [-0.1, -0.05) is 0 Å². The number of carbonyl (C=O) groups is 2. The van der Waals surface area contributed by atoms with Crippen molar-refractivity contribution < 1.29 is 9.59 Å². The van der Waals surface area contributed by atoms with Gasteiger partial charge in [0.05, 0.1) is 0 Å². The summed E-state index contributed by atoms with van der Waals surface area (Å²) in [4.78, 5) is 21.6. The molecule has 1 rings (SSSR count). The Bertz CT molecular complexity index is 295. The number of primary amides is 1. The molecule has 0 aromatic rings. The second-order valence-electron chi connectivity index (χ2n) is 3.96. The van der Waals surface area contributed by atoms with Crippen LogP contribution >= 0.6 is 0 Å². The molecule has 0 aromatic carbocycles. The molecular formula is C10H18N4O2. The van der Waals surface area contributed by atoms with E-state index in [1.165, 1.54) is 0 Å². The molecule has 0 saturated carbocycles. The van der Waals surface area contributed by atoms with Gasteiger partial charge in [0.2, 0.25) is 11.8 Å². The number of carbonyl (C=O) groups excluding carboxylic acids is 2. The third-order valence-electron chi connectivity index (χ3n) is 2.62. The molecule has 0 spiro atoms. The minimum atomic E-state index is -0.646. The van der Waals surface area contributed by atoms with Crippen LogP contribution in [0.15, 0.2) is 5.10 Å². The van der Waals surface area contributed by atoms with Gasteiger partial charge in [-0.15, -0.1) is 0 Å². The number of rotatable bonds is 4. The van der Waals surface area contributed by atoms with Crippen molar-refractivity contribution in [1.82, 2.24) is 10.7 Å². The van der Waals surface area contributed by atoms with Crippen LogP contribution in [0.4, 0.5) is 0 Å². The Labute approximate surface area is 94.6 Å². The lowest BCUT2D eigenvalue weighted by molar-refractivity contribution is -0.127. The van der Waals surface area contributed by atoms with Gasteiger partial charge >= 0.3 is 0 Å². The zero-order valence-electron chi connectivity index (χ0n) is 9.45. The quantitative estimate of drug-likeness (QED) is 0.338. The van der Waals surface area contributed by atoms with Crippen LogP contribution in [-0.4, -0.2) is 30.6 Å². The van der Waals surface area contributed by atoms with Gasteiger partial charge in [0.15, 0.2) is 0 Å². The van der Waals surface area contributed by atoms with E-state index in [0.717, 1.165) is 31.6 Å². The highest BCUT2D eigenvalue weighted by Crippen LogP contribution is 2.13. The molecule has 6 nitrogen and oxygen atoms in total. The Morgan fingerprint density at radius 2 is 2.06 bits per heavy atom. The fraction of sp³-hybridized carbons (Fsp3) is 0.700. The van der Waals surface area contributed by atoms with Gasteiger partial charge in [-0.25, -0.2) is 5.43 Å². The first-order chi connectivity index (χ1) is 7.59. The normalized spacial score (nSPS) is 18.2. The first-order valence-electron chi connectivity index (χ1n) is 5.41. The average molecular weight is 226 g/mol. The summed E-state index contributed by atoms with van der Waals surface area (Å²) in [5.74, 6) is -0.692. The molecule has 90 valence electrons. The summed E-state index contributed by atoms with van der Waals surface area (Å²) in [6.45, 7) is 3.85. The Kier molecular flexibility index (Phi) is 4.91. The molecule has 1 aliphatic rings. The summed E-state index contributed by atoms with van der Waals surface area (Å²) in [5, 5.41) is 7.24. The molecular weight excluding hydrogens is 208 g/mol. The summed E-state index contributed by atoms with van der Waals surface area (Å²) in [6.07, 6.45) is 1.74. The maximum atomic E-state index is 11.1. The third-order valence-corrected chi connectivity index (χ3v) is 2.62. The van der Waals surface area contributed by atoms with Crippen molar-refractivity contribution in [2.45, 2.75) is 26.2 Å². The van der Waals surface area contributed by atoms with Crippen LogP contribution in [0.5, 0.6) is 0 Å². The van der Waals surface area contributed by atoms with Gasteiger partial charge in [0.25, 0.3) is 0 Å². The van der Waals surface area contributed by atoms with Gasteiger partial charge in [-0.2, -0.15) is 5.10 Å². The number of nitrogens with one attached hydrogen (secondary N) is 2. The van der Waals surface area contributed by atoms with E-state index >= 15 is 0 Å². The number of piperidine rings is 1. The largest absolute Gasteiger partial charge is 0.369 e. The summed E-state index contributed by atoms with van der Waals surface area (Å²) in [7, 11) is 0. The molecule has 0 aromatic heterocycles. The van der Waals surface area contributed by atoms with Crippen LogP contribution in [0, 0.1) is 5.92 Å². The Morgan fingerprint density at radius 1 is 1.44 bits per heavy atom. The molecule has 1 aliphatic heterocycles. The average Bonchev–Trinajstić information content (AvgIpc) is 2.26. The molecule has 4 N–H and O–H groups in total. The highest BCUT2D eigenvalue weighted by molar-refractivity contribution is 5.96. The monoisotopic (exact) mass is 226 g/mol. The van der Waals surface area contributed by atoms with Gasteiger partial charge < -0.3 is 11.1 Å². The molecule has 1 saturated heterocycles. The van der Waals surface area contributed by atoms with Crippen molar-refractivity contribution in [1.29, 1.82) is 0 Å². The molecule has 16 heavy (non-hydrogen) atoms. The standard InChI is InChI=1S/C10H18N4O2/c1-7(8-2-4-12-5-3-8)13-14-10(16)6-9(11)15/h8,12H,2-6H2,1H3,(H2,11,15)(H,14,16)/b13-7+. The minimum absolute atomic E-state index is 0.316. The summed E-state index contributed by atoms with van der Waals surface area (Å²) in [6, 6.07) is 0. The lowest BCUT2D eigenvalue weighted by Gasteiger charge is -2.22. The van der Waals surface area contributed by atoms with E-state index in [1.54, 1.807) is 0 Å². The predicted molar refractivity (Wildman–Crippen MR) is 60.7 cm³/mol. The maximum Gasteiger partial charge on any atom is 0.249 e. The maximum absolute atomic E-state index is 11.1. The van der Waals surface area contributed by atoms with E-state index in [-0.39, 0.29) is 6.42 Å². The van der Waals surface area contributed by atoms with Crippen LogP contribution in [0.3, 0.4) is 0 Å². The van der Waals surface area contributed by atoms with Gasteiger partial charge in [0.1, 0.15) is 6.42 Å². The molecule has 6 heteroatoms. The van der Waals surface area contributed by atoms with E-state index in [4.69, 9.17) is 5.73 Å². The SMILES string of the molecule is C/C(=N\NC(=O)CC(N)=O)C1CCNCC1. The highest BCUT2D eigenvalue weighted by Gasteiger charge is 2.16. The van der Waals surface area contributed by atoms with Crippen molar-refractivity contribution in [2.24, 2.45) is 16.8 Å². The molecule has 0 unspecified atom stereocenters. The highest BCUT2D eigenvalue weighted by atomic mass is 16.2. The van der Waals surface area contributed by atoms with E-state index < -0.39 is 11.8 Å². The number of hydrogen-bond donors (Lipinski definition) is 3. The topological polar surface area (TPSA) is 96.6 Å². The van der Waals surface area contributed by atoms with Gasteiger partial charge in [0, 0.05) is 11.6 Å². The predicted octanol–water partition coefficient (Wildman–Crippen LogP) is -0.646. The molecule has 0 atom stereocenters. The van der Waals surface area contributed by atoms with E-state index in [1.807, 2.05) is 6.92 Å². The molecule has 2 amide bonds. The van der Waals surface area contributed by atoms with Gasteiger partial charge in [-0.3, -0.25) is 9.59 Å². The Balaban J connectivity index is 2.37. The van der Waals surface area contributed by atoms with Crippen molar-refractivity contribution in [3.8, 4) is 0 Å². The van der Waals surface area contributed by atoms with Crippen LogP contribution in [-0.2, 0) is 9.59 Å². The van der Waals surface area contributed by atoms with Crippen LogP contribution in [0.1, 0.15) is 26.2 Å². The number of amides is 2. The lowest BCUT2D eigenvalue weighted by Crippen LogP contribution is -2.32. The van der Waals surface area contributed by atoms with E-state index in [9.17, 15) is 9.59 Å². The summed E-state index contributed by atoms with van der Waals surface area (Å²) in [5.41, 5.74) is 8.13. The molecule has 1 fully saturated rings. The fourth-order valence-electron chi connectivity index (χ4n) is 1.68. The van der Waals surface area contributed by atoms with Crippen molar-refractivity contribution in [3.05, 3.63) is 0 Å². The van der Waals surface area contributed by atoms with Crippen LogP contribution in [0.25, 0.3) is 0 Å². The number of nitrogens with two attached hydrogens (primary N) is 1. The summed E-state index contributed by atoms with van der Waals surface area (Å²) >= 11 is 0.